The van der Waals surface area contributed by atoms with Crippen LogP contribution in [0.2, 0.25) is 0 Å². The van der Waals surface area contributed by atoms with Crippen molar-refractivity contribution in [3.05, 3.63) is 77.9 Å². The molecule has 25 heavy (non-hydrogen) atoms. The molecule has 1 N–H and O–H groups in total. The highest BCUT2D eigenvalue weighted by molar-refractivity contribution is 6.00. The molecule has 0 fully saturated rings. The Morgan fingerprint density at radius 1 is 1.08 bits per heavy atom. The molecule has 2 rings (SSSR count). The number of carboxylic acids is 1. The quantitative estimate of drug-likeness (QED) is 0.558. The Morgan fingerprint density at radius 3 is 2.28 bits per heavy atom. The number of carboxylic acid groups (broad SMARTS) is 1. The minimum absolute atomic E-state index is 0.656. The first-order valence-corrected chi connectivity index (χ1v) is 8.24. The lowest BCUT2D eigenvalue weighted by atomic mass is 10.1. The molecule has 0 atom stereocenters. The van der Waals surface area contributed by atoms with Gasteiger partial charge in [-0.2, -0.15) is 0 Å². The van der Waals surface area contributed by atoms with Crippen molar-refractivity contribution < 1.29 is 14.7 Å². The van der Waals surface area contributed by atoms with Crippen LogP contribution in [0.15, 0.2) is 71.9 Å². The number of rotatable bonds is 8. The highest BCUT2D eigenvalue weighted by atomic mass is 16.7. The molecule has 0 aliphatic carbocycles. The van der Waals surface area contributed by atoms with Gasteiger partial charge in [0.05, 0.1) is 5.71 Å². The van der Waals surface area contributed by atoms with Gasteiger partial charge in [-0.1, -0.05) is 78.0 Å². The molecule has 0 saturated carbocycles. The first kappa shape index (κ1) is 18.5. The summed E-state index contributed by atoms with van der Waals surface area (Å²) >= 11 is 0. The molecule has 4 heteroatoms. The minimum Gasteiger partial charge on any atom is -0.478 e. The van der Waals surface area contributed by atoms with E-state index in [4.69, 9.17) is 9.94 Å². The number of allylic oxidation sites excluding steroid dienone is 1. The van der Waals surface area contributed by atoms with E-state index in [1.807, 2.05) is 60.7 Å². The van der Waals surface area contributed by atoms with Crippen molar-refractivity contribution in [2.24, 2.45) is 5.16 Å². The van der Waals surface area contributed by atoms with Crippen LogP contribution >= 0.6 is 0 Å². The van der Waals surface area contributed by atoms with Gasteiger partial charge in [-0.25, -0.2) is 4.79 Å². The number of carbonyl (C=O) groups is 1. The highest BCUT2D eigenvalue weighted by Gasteiger charge is 2.29. The fourth-order valence-electron chi connectivity index (χ4n) is 2.09. The molecule has 0 aliphatic heterocycles. The summed E-state index contributed by atoms with van der Waals surface area (Å²) in [5.41, 5.74) is 1.44. The van der Waals surface area contributed by atoms with Crippen LogP contribution in [0.5, 0.6) is 0 Å². The lowest BCUT2D eigenvalue weighted by Gasteiger charge is -2.17. The number of hydrogen-bond acceptors (Lipinski definition) is 3. The van der Waals surface area contributed by atoms with E-state index < -0.39 is 11.6 Å². The Hall–Kier alpha value is -2.88. The second-order valence-corrected chi connectivity index (χ2v) is 6.16. The molecule has 0 aromatic heterocycles. The average molecular weight is 337 g/mol. The molecule has 0 bridgehead atoms. The summed E-state index contributed by atoms with van der Waals surface area (Å²) in [5.74, 6) is -1.05. The third-order valence-corrected chi connectivity index (χ3v) is 3.66. The molecule has 0 unspecified atom stereocenters. The van der Waals surface area contributed by atoms with Gasteiger partial charge in [0.15, 0.2) is 0 Å². The van der Waals surface area contributed by atoms with Crippen molar-refractivity contribution >= 4 is 17.8 Å². The van der Waals surface area contributed by atoms with Crippen molar-refractivity contribution in [2.45, 2.75) is 32.3 Å². The van der Waals surface area contributed by atoms with Crippen molar-refractivity contribution in [1.29, 1.82) is 0 Å². The molecule has 0 saturated heterocycles. The standard InChI is InChI=1S/C21H23NO3/c1-21(2,20(23)24)25-22-19(18-14-7-4-8-15-18)16-10-9-13-17-11-5-3-6-12-17/h3-9,11-15H,10,16H2,1-2H3,(H,23,24)/b13-9+,22-19+. The first-order chi connectivity index (χ1) is 12.0. The van der Waals surface area contributed by atoms with Crippen LogP contribution < -0.4 is 0 Å². The van der Waals surface area contributed by atoms with Gasteiger partial charge in [0.25, 0.3) is 0 Å². The number of aliphatic carboxylic acids is 1. The maximum Gasteiger partial charge on any atom is 0.350 e. The van der Waals surface area contributed by atoms with E-state index in [1.54, 1.807) is 0 Å². The predicted molar refractivity (Wildman–Crippen MR) is 100 cm³/mol. The molecule has 0 spiro atoms. The molecule has 130 valence electrons. The Labute approximate surface area is 148 Å². The van der Waals surface area contributed by atoms with Gasteiger partial charge in [-0.05, 0) is 37.8 Å². The fourth-order valence-corrected chi connectivity index (χ4v) is 2.09. The molecular formula is C21H23NO3. The smallest absolute Gasteiger partial charge is 0.350 e. The highest BCUT2D eigenvalue weighted by Crippen LogP contribution is 2.14. The Kier molecular flexibility index (Phi) is 6.52. The number of nitrogens with zero attached hydrogens (tertiary/aromatic N) is 1. The SMILES string of the molecule is CC(C)(O/N=C(\CC/C=C/c1ccccc1)c1ccccc1)C(=O)O. The maximum absolute atomic E-state index is 11.2. The van der Waals surface area contributed by atoms with E-state index in [1.165, 1.54) is 13.8 Å². The topological polar surface area (TPSA) is 58.9 Å². The largest absolute Gasteiger partial charge is 0.478 e. The van der Waals surface area contributed by atoms with Crippen LogP contribution in [0, 0.1) is 0 Å². The summed E-state index contributed by atoms with van der Waals surface area (Å²) in [6.07, 6.45) is 5.57. The number of hydrogen-bond donors (Lipinski definition) is 1. The molecule has 4 nitrogen and oxygen atoms in total. The lowest BCUT2D eigenvalue weighted by Crippen LogP contribution is -2.33. The van der Waals surface area contributed by atoms with Crippen molar-refractivity contribution in [1.82, 2.24) is 0 Å². The third-order valence-electron chi connectivity index (χ3n) is 3.66. The van der Waals surface area contributed by atoms with Gasteiger partial charge < -0.3 is 9.94 Å². The fraction of sp³-hybridized carbons (Fsp3) is 0.238. The summed E-state index contributed by atoms with van der Waals surface area (Å²) in [5, 5.41) is 13.3. The summed E-state index contributed by atoms with van der Waals surface area (Å²) < 4.78 is 0. The van der Waals surface area contributed by atoms with Gasteiger partial charge in [-0.15, -0.1) is 0 Å². The van der Waals surface area contributed by atoms with E-state index in [2.05, 4.69) is 17.3 Å². The lowest BCUT2D eigenvalue weighted by molar-refractivity contribution is -0.161. The van der Waals surface area contributed by atoms with Gasteiger partial charge in [-0.3, -0.25) is 0 Å². The van der Waals surface area contributed by atoms with Crippen LogP contribution in [-0.4, -0.2) is 22.4 Å². The van der Waals surface area contributed by atoms with Gasteiger partial charge in [0.2, 0.25) is 5.60 Å². The molecule has 2 aromatic carbocycles. The third kappa shape index (κ3) is 5.92. The van der Waals surface area contributed by atoms with E-state index in [0.717, 1.165) is 23.3 Å². The minimum atomic E-state index is -1.36. The van der Waals surface area contributed by atoms with Crippen LogP contribution in [0.1, 0.15) is 37.8 Å². The summed E-state index contributed by atoms with van der Waals surface area (Å²) in [4.78, 5) is 16.5. The van der Waals surface area contributed by atoms with Crippen LogP contribution in [-0.2, 0) is 9.63 Å². The molecule has 2 aromatic rings. The van der Waals surface area contributed by atoms with Crippen LogP contribution in [0.25, 0.3) is 6.08 Å². The predicted octanol–water partition coefficient (Wildman–Crippen LogP) is 4.76. The molecule has 0 heterocycles. The second kappa shape index (κ2) is 8.83. The Morgan fingerprint density at radius 2 is 1.68 bits per heavy atom. The van der Waals surface area contributed by atoms with Gasteiger partial charge in [0.1, 0.15) is 0 Å². The average Bonchev–Trinajstić information content (AvgIpc) is 2.62. The Balaban J connectivity index is 2.07. The van der Waals surface area contributed by atoms with E-state index in [-0.39, 0.29) is 0 Å². The van der Waals surface area contributed by atoms with Crippen LogP contribution in [0.3, 0.4) is 0 Å². The molecule has 0 amide bonds. The number of benzene rings is 2. The van der Waals surface area contributed by atoms with Crippen molar-refractivity contribution in [3.8, 4) is 0 Å². The summed E-state index contributed by atoms with van der Waals surface area (Å²) in [6, 6.07) is 19.7. The summed E-state index contributed by atoms with van der Waals surface area (Å²) in [7, 11) is 0. The van der Waals surface area contributed by atoms with Gasteiger partial charge in [0, 0.05) is 0 Å². The zero-order chi connectivity index (χ0) is 18.1. The second-order valence-electron chi connectivity index (χ2n) is 6.16. The van der Waals surface area contributed by atoms with E-state index >= 15 is 0 Å². The Bertz CT molecular complexity index is 734. The van der Waals surface area contributed by atoms with E-state index in [9.17, 15) is 4.79 Å². The zero-order valence-electron chi connectivity index (χ0n) is 14.6. The zero-order valence-corrected chi connectivity index (χ0v) is 14.6. The molecule has 0 aliphatic rings. The normalized spacial score (nSPS) is 12.3. The molecular weight excluding hydrogens is 314 g/mol. The van der Waals surface area contributed by atoms with Crippen molar-refractivity contribution in [2.75, 3.05) is 0 Å². The van der Waals surface area contributed by atoms with Crippen LogP contribution in [0.4, 0.5) is 0 Å². The summed E-state index contributed by atoms with van der Waals surface area (Å²) in [6.45, 7) is 2.97. The van der Waals surface area contributed by atoms with Crippen molar-refractivity contribution in [3.63, 3.8) is 0 Å². The number of oxime groups is 1. The molecule has 0 radical (unpaired) electrons. The first-order valence-electron chi connectivity index (χ1n) is 8.24. The van der Waals surface area contributed by atoms with E-state index in [0.29, 0.717) is 6.42 Å². The monoisotopic (exact) mass is 337 g/mol. The maximum atomic E-state index is 11.2. The van der Waals surface area contributed by atoms with Gasteiger partial charge >= 0.3 is 5.97 Å².